The van der Waals surface area contributed by atoms with Crippen molar-refractivity contribution < 1.29 is 13.9 Å². The molecule has 0 saturated heterocycles. The molecule has 4 nitrogen and oxygen atoms in total. The van der Waals surface area contributed by atoms with Crippen LogP contribution in [0.3, 0.4) is 0 Å². The Morgan fingerprint density at radius 3 is 2.94 bits per heavy atom. The summed E-state index contributed by atoms with van der Waals surface area (Å²) in [4.78, 5) is 13.3. The lowest BCUT2D eigenvalue weighted by molar-refractivity contribution is -0.129. The first-order chi connectivity index (χ1) is 8.63. The summed E-state index contributed by atoms with van der Waals surface area (Å²) < 4.78 is 17.8. The fourth-order valence-electron chi connectivity index (χ4n) is 1.50. The number of carbonyl (C=O) groups excluding carboxylic acids is 1. The minimum atomic E-state index is -0.286. The second kappa shape index (κ2) is 7.79. The Labute approximate surface area is 107 Å². The van der Waals surface area contributed by atoms with Crippen LogP contribution in [0.4, 0.5) is 4.39 Å². The first kappa shape index (κ1) is 14.6. The minimum absolute atomic E-state index is 0.0321. The van der Waals surface area contributed by atoms with Gasteiger partial charge in [0.2, 0.25) is 5.91 Å². The molecule has 5 heteroatoms. The maximum Gasteiger partial charge on any atom is 0.236 e. The maximum absolute atomic E-state index is 13.0. The molecule has 0 bridgehead atoms. The molecule has 1 aromatic rings. The molecule has 0 saturated carbocycles. The third-order valence-corrected chi connectivity index (χ3v) is 2.49. The number of nitrogens with zero attached hydrogens (tertiary/aromatic N) is 1. The molecular weight excluding hydrogens is 235 g/mol. The van der Waals surface area contributed by atoms with Gasteiger partial charge in [0.25, 0.3) is 0 Å². The van der Waals surface area contributed by atoms with Gasteiger partial charge in [0, 0.05) is 27.2 Å². The molecule has 0 aliphatic rings. The van der Waals surface area contributed by atoms with E-state index in [1.54, 1.807) is 31.2 Å². The molecule has 1 rings (SSSR count). The largest absolute Gasteiger partial charge is 0.383 e. The monoisotopic (exact) mass is 254 g/mol. The van der Waals surface area contributed by atoms with Gasteiger partial charge in [-0.25, -0.2) is 4.39 Å². The first-order valence-electron chi connectivity index (χ1n) is 5.81. The molecule has 100 valence electrons. The van der Waals surface area contributed by atoms with Crippen LogP contribution in [0.25, 0.3) is 0 Å². The molecule has 0 aromatic heterocycles. The smallest absolute Gasteiger partial charge is 0.236 e. The third kappa shape index (κ3) is 5.25. The van der Waals surface area contributed by atoms with Crippen LogP contribution in [0, 0.1) is 5.82 Å². The Bertz CT molecular complexity index is 385. The van der Waals surface area contributed by atoms with Gasteiger partial charge in [0.05, 0.1) is 13.2 Å². The molecule has 1 N–H and O–H groups in total. The molecule has 0 radical (unpaired) electrons. The van der Waals surface area contributed by atoms with E-state index in [1.807, 2.05) is 0 Å². The molecule has 1 amide bonds. The minimum Gasteiger partial charge on any atom is -0.383 e. The molecule has 0 atom stereocenters. The van der Waals surface area contributed by atoms with Crippen molar-refractivity contribution in [3.63, 3.8) is 0 Å². The molecule has 0 aliphatic carbocycles. The molecule has 0 unspecified atom stereocenters. The number of hydrogen-bond donors (Lipinski definition) is 1. The van der Waals surface area contributed by atoms with Crippen molar-refractivity contribution >= 4 is 5.91 Å². The average molecular weight is 254 g/mol. The molecular formula is C13H19FN2O2. The predicted molar refractivity (Wildman–Crippen MR) is 67.6 cm³/mol. The topological polar surface area (TPSA) is 41.6 Å². The molecule has 1 aromatic carbocycles. The number of likely N-dealkylation sites (N-methyl/N-ethyl adjacent to an activating group) is 1. The van der Waals surface area contributed by atoms with Crippen molar-refractivity contribution in [2.24, 2.45) is 0 Å². The normalized spacial score (nSPS) is 10.4. The number of benzene rings is 1. The second-order valence-electron chi connectivity index (χ2n) is 4.05. The fourth-order valence-corrected chi connectivity index (χ4v) is 1.50. The Morgan fingerprint density at radius 1 is 1.50 bits per heavy atom. The van der Waals surface area contributed by atoms with E-state index in [4.69, 9.17) is 4.74 Å². The number of rotatable bonds is 7. The quantitative estimate of drug-likeness (QED) is 0.739. The van der Waals surface area contributed by atoms with Crippen LogP contribution in [0.2, 0.25) is 0 Å². The van der Waals surface area contributed by atoms with E-state index in [-0.39, 0.29) is 18.3 Å². The third-order valence-electron chi connectivity index (χ3n) is 2.49. The molecule has 18 heavy (non-hydrogen) atoms. The highest BCUT2D eigenvalue weighted by Crippen LogP contribution is 2.06. The van der Waals surface area contributed by atoms with Gasteiger partial charge in [-0.15, -0.1) is 0 Å². The van der Waals surface area contributed by atoms with Crippen molar-refractivity contribution in [2.45, 2.75) is 6.54 Å². The summed E-state index contributed by atoms with van der Waals surface area (Å²) in [5.41, 5.74) is 0.780. The van der Waals surface area contributed by atoms with E-state index in [2.05, 4.69) is 5.32 Å². The van der Waals surface area contributed by atoms with Crippen LogP contribution in [-0.2, 0) is 16.1 Å². The van der Waals surface area contributed by atoms with E-state index < -0.39 is 0 Å². The SMILES string of the molecule is COCCNCC(=O)N(C)Cc1cccc(F)c1. The van der Waals surface area contributed by atoms with Crippen LogP contribution in [-0.4, -0.2) is 44.7 Å². The number of nitrogens with one attached hydrogen (secondary N) is 1. The lowest BCUT2D eigenvalue weighted by atomic mass is 10.2. The van der Waals surface area contributed by atoms with E-state index in [9.17, 15) is 9.18 Å². The lowest BCUT2D eigenvalue weighted by Crippen LogP contribution is -2.36. The first-order valence-corrected chi connectivity index (χ1v) is 5.81. The van der Waals surface area contributed by atoms with Gasteiger partial charge in [0.15, 0.2) is 0 Å². The Hall–Kier alpha value is -1.46. The van der Waals surface area contributed by atoms with E-state index in [0.717, 1.165) is 5.56 Å². The summed E-state index contributed by atoms with van der Waals surface area (Å²) in [6, 6.07) is 6.25. The summed E-state index contributed by atoms with van der Waals surface area (Å²) in [5.74, 6) is -0.318. The zero-order valence-corrected chi connectivity index (χ0v) is 10.8. The molecule has 0 spiro atoms. The highest BCUT2D eigenvalue weighted by molar-refractivity contribution is 5.77. The summed E-state index contributed by atoms with van der Waals surface area (Å²) in [5, 5.41) is 2.97. The summed E-state index contributed by atoms with van der Waals surface area (Å²) in [6.45, 7) is 1.87. The summed E-state index contributed by atoms with van der Waals surface area (Å²) in [7, 11) is 3.31. The van der Waals surface area contributed by atoms with Gasteiger partial charge >= 0.3 is 0 Å². The molecule has 0 aliphatic heterocycles. The fraction of sp³-hybridized carbons (Fsp3) is 0.462. The second-order valence-corrected chi connectivity index (χ2v) is 4.05. The van der Waals surface area contributed by atoms with Gasteiger partial charge in [-0.1, -0.05) is 12.1 Å². The average Bonchev–Trinajstić information content (AvgIpc) is 2.34. The Balaban J connectivity index is 2.35. The van der Waals surface area contributed by atoms with E-state index >= 15 is 0 Å². The van der Waals surface area contributed by atoms with Crippen molar-refractivity contribution in [3.8, 4) is 0 Å². The van der Waals surface area contributed by atoms with Crippen molar-refractivity contribution in [1.82, 2.24) is 10.2 Å². The maximum atomic E-state index is 13.0. The zero-order valence-electron chi connectivity index (χ0n) is 10.8. The number of methoxy groups -OCH3 is 1. The zero-order chi connectivity index (χ0) is 13.4. The van der Waals surface area contributed by atoms with Crippen molar-refractivity contribution in [2.75, 3.05) is 33.9 Å². The number of ether oxygens (including phenoxy) is 1. The van der Waals surface area contributed by atoms with Crippen LogP contribution in [0.5, 0.6) is 0 Å². The predicted octanol–water partition coefficient (Wildman–Crippen LogP) is 1.02. The van der Waals surface area contributed by atoms with Gasteiger partial charge in [0.1, 0.15) is 5.82 Å². The molecule has 0 fully saturated rings. The van der Waals surface area contributed by atoms with Crippen LogP contribution in [0.1, 0.15) is 5.56 Å². The Kier molecular flexibility index (Phi) is 6.32. The van der Waals surface area contributed by atoms with Gasteiger partial charge < -0.3 is 15.0 Å². The van der Waals surface area contributed by atoms with Gasteiger partial charge in [-0.3, -0.25) is 4.79 Å². The highest BCUT2D eigenvalue weighted by atomic mass is 19.1. The number of halogens is 1. The molecule has 0 heterocycles. The number of hydrogen-bond acceptors (Lipinski definition) is 3. The number of amides is 1. The van der Waals surface area contributed by atoms with Gasteiger partial charge in [-0.05, 0) is 17.7 Å². The highest BCUT2D eigenvalue weighted by Gasteiger charge is 2.08. The van der Waals surface area contributed by atoms with Crippen LogP contribution in [0.15, 0.2) is 24.3 Å². The van der Waals surface area contributed by atoms with Crippen molar-refractivity contribution in [1.29, 1.82) is 0 Å². The standard InChI is InChI=1S/C13H19FN2O2/c1-16(13(17)9-15-6-7-18-2)10-11-4-3-5-12(14)8-11/h3-5,8,15H,6-7,9-10H2,1-2H3. The van der Waals surface area contributed by atoms with E-state index in [0.29, 0.717) is 19.7 Å². The summed E-state index contributed by atoms with van der Waals surface area (Å²) >= 11 is 0. The lowest BCUT2D eigenvalue weighted by Gasteiger charge is -2.17. The number of carbonyl (C=O) groups is 1. The van der Waals surface area contributed by atoms with Crippen LogP contribution >= 0.6 is 0 Å². The van der Waals surface area contributed by atoms with E-state index in [1.165, 1.54) is 12.1 Å². The van der Waals surface area contributed by atoms with Crippen LogP contribution < -0.4 is 5.32 Å². The van der Waals surface area contributed by atoms with Gasteiger partial charge in [-0.2, -0.15) is 0 Å². The van der Waals surface area contributed by atoms with Crippen molar-refractivity contribution in [3.05, 3.63) is 35.6 Å². The Morgan fingerprint density at radius 2 is 2.28 bits per heavy atom. The summed E-state index contributed by atoms with van der Waals surface area (Å²) in [6.07, 6.45) is 0.